The normalized spacial score (nSPS) is 40.4. The lowest BCUT2D eigenvalue weighted by molar-refractivity contribution is -0.0393. The van der Waals surface area contributed by atoms with Crippen molar-refractivity contribution in [1.29, 1.82) is 0 Å². The van der Waals surface area contributed by atoms with E-state index in [4.69, 9.17) is 10.5 Å². The van der Waals surface area contributed by atoms with Gasteiger partial charge in [-0.15, -0.1) is 0 Å². The van der Waals surface area contributed by atoms with Gasteiger partial charge in [0.15, 0.2) is 0 Å². The second-order valence-corrected chi connectivity index (χ2v) is 5.88. The minimum atomic E-state index is 0.414. The molecule has 0 saturated carbocycles. The van der Waals surface area contributed by atoms with Crippen molar-refractivity contribution in [3.05, 3.63) is 0 Å². The number of nitrogens with two attached hydrogens (primary N) is 1. The van der Waals surface area contributed by atoms with Crippen molar-refractivity contribution in [2.24, 2.45) is 11.7 Å². The highest BCUT2D eigenvalue weighted by atomic mass is 16.5. The lowest BCUT2D eigenvalue weighted by Gasteiger charge is -2.43. The molecule has 0 amide bonds. The van der Waals surface area contributed by atoms with Crippen molar-refractivity contribution in [3.8, 4) is 0 Å². The van der Waals surface area contributed by atoms with E-state index in [2.05, 4.69) is 18.7 Å². The number of piperidine rings is 1. The first-order chi connectivity index (χ1) is 8.20. The summed E-state index contributed by atoms with van der Waals surface area (Å²) in [6.07, 6.45) is 6.57. The molecule has 0 spiro atoms. The molecule has 2 aliphatic heterocycles. The number of ether oxygens (including phenoxy) is 1. The van der Waals surface area contributed by atoms with E-state index < -0.39 is 0 Å². The van der Waals surface area contributed by atoms with Crippen LogP contribution < -0.4 is 5.73 Å². The summed E-state index contributed by atoms with van der Waals surface area (Å²) in [5, 5.41) is 0. The Labute approximate surface area is 106 Å². The van der Waals surface area contributed by atoms with E-state index in [1.165, 1.54) is 38.8 Å². The van der Waals surface area contributed by atoms with Crippen LogP contribution in [0.25, 0.3) is 0 Å². The van der Waals surface area contributed by atoms with Gasteiger partial charge in [-0.05, 0) is 38.1 Å². The average Bonchev–Trinajstić information content (AvgIpc) is 2.33. The molecule has 3 heteroatoms. The van der Waals surface area contributed by atoms with Crippen molar-refractivity contribution >= 4 is 0 Å². The minimum absolute atomic E-state index is 0.414. The maximum absolute atomic E-state index is 6.09. The van der Waals surface area contributed by atoms with Crippen LogP contribution in [0.5, 0.6) is 0 Å². The third kappa shape index (κ3) is 3.43. The second kappa shape index (κ2) is 6.17. The third-order valence-electron chi connectivity index (χ3n) is 4.47. The molecule has 3 nitrogen and oxygen atoms in total. The van der Waals surface area contributed by atoms with Gasteiger partial charge in [0.05, 0.1) is 6.10 Å². The number of nitrogens with zero attached hydrogens (tertiary/aromatic N) is 1. The first-order valence-electron chi connectivity index (χ1n) is 7.32. The molecular formula is C14H28N2O. The molecule has 2 rings (SSSR count). The Kier molecular flexibility index (Phi) is 4.83. The fraction of sp³-hybridized carbons (Fsp3) is 1.00. The Morgan fingerprint density at radius 2 is 2.18 bits per heavy atom. The number of hydrogen-bond donors (Lipinski definition) is 1. The molecule has 4 atom stereocenters. The maximum atomic E-state index is 6.09. The molecule has 0 radical (unpaired) electrons. The lowest BCUT2D eigenvalue weighted by atomic mass is 9.91. The molecule has 17 heavy (non-hydrogen) atoms. The summed E-state index contributed by atoms with van der Waals surface area (Å²) in [5.74, 6) is 0.649. The maximum Gasteiger partial charge on any atom is 0.0590 e. The van der Waals surface area contributed by atoms with E-state index in [1.807, 2.05) is 0 Å². The van der Waals surface area contributed by atoms with Gasteiger partial charge in [-0.25, -0.2) is 0 Å². The van der Waals surface area contributed by atoms with Crippen LogP contribution in [0.15, 0.2) is 0 Å². The van der Waals surface area contributed by atoms with Gasteiger partial charge in [0.1, 0.15) is 0 Å². The molecule has 0 bridgehead atoms. The minimum Gasteiger partial charge on any atom is -0.378 e. The van der Waals surface area contributed by atoms with E-state index in [0.29, 0.717) is 18.1 Å². The Bertz CT molecular complexity index is 232. The van der Waals surface area contributed by atoms with Crippen LogP contribution in [0.2, 0.25) is 0 Å². The van der Waals surface area contributed by atoms with Crippen molar-refractivity contribution in [3.63, 3.8) is 0 Å². The Balaban J connectivity index is 1.84. The molecule has 2 fully saturated rings. The van der Waals surface area contributed by atoms with Crippen LogP contribution in [0, 0.1) is 5.92 Å². The highest BCUT2D eigenvalue weighted by Crippen LogP contribution is 2.26. The molecule has 0 aromatic carbocycles. The Morgan fingerprint density at radius 3 is 2.88 bits per heavy atom. The van der Waals surface area contributed by atoms with Gasteiger partial charge in [-0.3, -0.25) is 4.90 Å². The largest absolute Gasteiger partial charge is 0.378 e. The zero-order valence-corrected chi connectivity index (χ0v) is 11.4. The van der Waals surface area contributed by atoms with Crippen LogP contribution >= 0.6 is 0 Å². The van der Waals surface area contributed by atoms with E-state index in [9.17, 15) is 0 Å². The predicted octanol–water partition coefficient (Wildman–Crippen LogP) is 2.00. The van der Waals surface area contributed by atoms with Crippen molar-refractivity contribution in [1.82, 2.24) is 4.90 Å². The predicted molar refractivity (Wildman–Crippen MR) is 71.0 cm³/mol. The average molecular weight is 240 g/mol. The highest BCUT2D eigenvalue weighted by molar-refractivity contribution is 4.86. The third-order valence-corrected chi connectivity index (χ3v) is 4.47. The molecule has 2 aliphatic rings. The molecule has 0 aromatic heterocycles. The van der Waals surface area contributed by atoms with E-state index in [0.717, 1.165) is 19.1 Å². The van der Waals surface area contributed by atoms with Crippen LogP contribution in [-0.2, 0) is 4.74 Å². The summed E-state index contributed by atoms with van der Waals surface area (Å²) in [6, 6.07) is 1.16. The van der Waals surface area contributed by atoms with Gasteiger partial charge in [-0.2, -0.15) is 0 Å². The molecule has 2 saturated heterocycles. The molecule has 0 aromatic rings. The van der Waals surface area contributed by atoms with Gasteiger partial charge in [0.25, 0.3) is 0 Å². The van der Waals surface area contributed by atoms with Crippen molar-refractivity contribution in [2.75, 3.05) is 19.7 Å². The first-order valence-corrected chi connectivity index (χ1v) is 7.32. The van der Waals surface area contributed by atoms with E-state index in [1.54, 1.807) is 0 Å². The zero-order chi connectivity index (χ0) is 12.3. The molecule has 2 N–H and O–H groups in total. The molecule has 100 valence electrons. The number of rotatable bonds is 3. The van der Waals surface area contributed by atoms with Gasteiger partial charge in [0, 0.05) is 25.2 Å². The van der Waals surface area contributed by atoms with Gasteiger partial charge in [-0.1, -0.05) is 20.3 Å². The van der Waals surface area contributed by atoms with Gasteiger partial charge in [0.2, 0.25) is 0 Å². The van der Waals surface area contributed by atoms with Crippen LogP contribution in [0.3, 0.4) is 0 Å². The van der Waals surface area contributed by atoms with Crippen LogP contribution in [0.1, 0.15) is 46.0 Å². The lowest BCUT2D eigenvalue weighted by Crippen LogP contribution is -2.52. The highest BCUT2D eigenvalue weighted by Gasteiger charge is 2.31. The van der Waals surface area contributed by atoms with Crippen molar-refractivity contribution in [2.45, 2.75) is 64.1 Å². The second-order valence-electron chi connectivity index (χ2n) is 5.88. The molecule has 4 unspecified atom stereocenters. The number of likely N-dealkylation sites (tertiary alicyclic amines) is 1. The number of hydrogen-bond acceptors (Lipinski definition) is 3. The molecular weight excluding hydrogens is 212 g/mol. The monoisotopic (exact) mass is 240 g/mol. The Morgan fingerprint density at radius 1 is 1.35 bits per heavy atom. The van der Waals surface area contributed by atoms with E-state index in [-0.39, 0.29) is 0 Å². The topological polar surface area (TPSA) is 38.5 Å². The molecule has 2 heterocycles. The van der Waals surface area contributed by atoms with Gasteiger partial charge >= 0.3 is 0 Å². The van der Waals surface area contributed by atoms with Crippen LogP contribution in [-0.4, -0.2) is 42.8 Å². The smallest absolute Gasteiger partial charge is 0.0590 e. The molecule has 0 aliphatic carbocycles. The first kappa shape index (κ1) is 13.3. The summed E-state index contributed by atoms with van der Waals surface area (Å²) >= 11 is 0. The standard InChI is InChI=1S/C14H28N2O/c1-3-4-13-9-12(6-8-17-13)16-7-5-14(15)11(2)10-16/h11-14H,3-10,15H2,1-2H3. The van der Waals surface area contributed by atoms with Crippen molar-refractivity contribution < 1.29 is 4.74 Å². The fourth-order valence-corrected chi connectivity index (χ4v) is 3.24. The van der Waals surface area contributed by atoms with E-state index >= 15 is 0 Å². The summed E-state index contributed by atoms with van der Waals surface area (Å²) in [4.78, 5) is 2.67. The zero-order valence-electron chi connectivity index (χ0n) is 11.4. The Hall–Kier alpha value is -0.120. The summed E-state index contributed by atoms with van der Waals surface area (Å²) in [5.41, 5.74) is 6.09. The van der Waals surface area contributed by atoms with Gasteiger partial charge < -0.3 is 10.5 Å². The van der Waals surface area contributed by atoms with Crippen LogP contribution in [0.4, 0.5) is 0 Å². The summed E-state index contributed by atoms with van der Waals surface area (Å²) < 4.78 is 5.84. The summed E-state index contributed by atoms with van der Waals surface area (Å²) in [6.45, 7) is 7.86. The summed E-state index contributed by atoms with van der Waals surface area (Å²) in [7, 11) is 0. The quantitative estimate of drug-likeness (QED) is 0.820. The SMILES string of the molecule is CCCC1CC(N2CCC(N)C(C)C2)CCO1. The fourth-order valence-electron chi connectivity index (χ4n) is 3.24.